The largest absolute Gasteiger partial charge is 0.497 e. The minimum atomic E-state index is -0.213. The molecule has 0 saturated heterocycles. The highest BCUT2D eigenvalue weighted by molar-refractivity contribution is 7.99. The minimum absolute atomic E-state index is 0.0680. The van der Waals surface area contributed by atoms with Gasteiger partial charge in [0, 0.05) is 18.8 Å². The van der Waals surface area contributed by atoms with Gasteiger partial charge in [-0.3, -0.25) is 9.59 Å². The molecule has 0 bridgehead atoms. The first-order valence-electron chi connectivity index (χ1n) is 9.75. The van der Waals surface area contributed by atoms with Gasteiger partial charge in [0.15, 0.2) is 5.16 Å². The van der Waals surface area contributed by atoms with E-state index in [0.717, 1.165) is 5.56 Å². The molecule has 2 N–H and O–H groups in total. The van der Waals surface area contributed by atoms with E-state index in [0.29, 0.717) is 22.4 Å². The van der Waals surface area contributed by atoms with Crippen LogP contribution in [0.15, 0.2) is 59.8 Å². The molecule has 0 aliphatic heterocycles. The topological polar surface area (TPSA) is 98.1 Å². The molecule has 3 aromatic rings. The molecule has 0 fully saturated rings. The Hall–Kier alpha value is -3.33. The maximum Gasteiger partial charge on any atom is 0.232 e. The number of hydrogen-bond acceptors (Lipinski definition) is 6. The zero-order chi connectivity index (χ0) is 22.2. The number of carbonyl (C=O) groups excluding carboxylic acids is 2. The number of nitrogens with one attached hydrogen (secondary N) is 2. The minimum Gasteiger partial charge on any atom is -0.497 e. The van der Waals surface area contributed by atoms with Crippen LogP contribution in [0.4, 0.5) is 5.69 Å². The van der Waals surface area contributed by atoms with Gasteiger partial charge in [-0.2, -0.15) is 0 Å². The Kier molecular flexibility index (Phi) is 7.66. The number of ether oxygens (including phenoxy) is 1. The van der Waals surface area contributed by atoms with Gasteiger partial charge in [0.1, 0.15) is 11.6 Å². The van der Waals surface area contributed by atoms with Crippen LogP contribution >= 0.6 is 11.8 Å². The highest BCUT2D eigenvalue weighted by Gasteiger charge is 2.16. The molecule has 1 heterocycles. The zero-order valence-corrected chi connectivity index (χ0v) is 18.5. The van der Waals surface area contributed by atoms with E-state index in [9.17, 15) is 9.59 Å². The van der Waals surface area contributed by atoms with E-state index in [2.05, 4.69) is 20.8 Å². The standard InChI is InChI=1S/C22H25N5O3S/c1-15(16-8-5-4-6-9-16)23-21(29)14-31-22-26-25-19(27(22)2)13-20(28)24-17-10-7-11-18(12-17)30-3/h4-12,15H,13-14H2,1-3H3,(H,23,29)(H,24,28)/t15-/m0/s1. The molecule has 9 heteroatoms. The third kappa shape index (κ3) is 6.32. The van der Waals surface area contributed by atoms with E-state index < -0.39 is 0 Å². The van der Waals surface area contributed by atoms with Gasteiger partial charge in [0.2, 0.25) is 11.8 Å². The molecule has 3 rings (SSSR count). The highest BCUT2D eigenvalue weighted by atomic mass is 32.2. The number of amides is 2. The lowest BCUT2D eigenvalue weighted by molar-refractivity contribution is -0.119. The molecule has 0 saturated carbocycles. The van der Waals surface area contributed by atoms with Crippen molar-refractivity contribution < 1.29 is 14.3 Å². The smallest absolute Gasteiger partial charge is 0.232 e. The molecule has 8 nitrogen and oxygen atoms in total. The van der Waals surface area contributed by atoms with E-state index in [1.165, 1.54) is 11.8 Å². The Morgan fingerprint density at radius 3 is 2.61 bits per heavy atom. The summed E-state index contributed by atoms with van der Waals surface area (Å²) in [4.78, 5) is 24.6. The van der Waals surface area contributed by atoms with Crippen LogP contribution in [0, 0.1) is 0 Å². The second-order valence-electron chi connectivity index (χ2n) is 6.90. The van der Waals surface area contributed by atoms with Crippen molar-refractivity contribution in [1.29, 1.82) is 0 Å². The van der Waals surface area contributed by atoms with Gasteiger partial charge in [-0.05, 0) is 24.6 Å². The van der Waals surface area contributed by atoms with Crippen LogP contribution in [0.5, 0.6) is 5.75 Å². The number of anilines is 1. The maximum atomic E-state index is 12.4. The van der Waals surface area contributed by atoms with Crippen molar-refractivity contribution in [2.75, 3.05) is 18.2 Å². The summed E-state index contributed by atoms with van der Waals surface area (Å²) in [6, 6.07) is 16.8. The molecular weight excluding hydrogens is 414 g/mol. The van der Waals surface area contributed by atoms with Gasteiger partial charge in [-0.25, -0.2) is 0 Å². The summed E-state index contributed by atoms with van der Waals surface area (Å²) in [5.41, 5.74) is 1.69. The lowest BCUT2D eigenvalue weighted by Crippen LogP contribution is -2.28. The van der Waals surface area contributed by atoms with Gasteiger partial charge in [-0.1, -0.05) is 48.2 Å². The Morgan fingerprint density at radius 2 is 1.87 bits per heavy atom. The average Bonchev–Trinajstić information content (AvgIpc) is 3.12. The van der Waals surface area contributed by atoms with E-state index in [4.69, 9.17) is 4.74 Å². The Bertz CT molecular complexity index is 1040. The van der Waals surface area contributed by atoms with Crippen LogP contribution in [0.25, 0.3) is 0 Å². The normalized spacial score (nSPS) is 11.6. The molecule has 162 valence electrons. The van der Waals surface area contributed by atoms with E-state index in [1.807, 2.05) is 37.3 Å². The van der Waals surface area contributed by atoms with E-state index in [-0.39, 0.29) is 30.0 Å². The first-order chi connectivity index (χ1) is 15.0. The summed E-state index contributed by atoms with van der Waals surface area (Å²) in [6.07, 6.45) is 0.0680. The average molecular weight is 440 g/mol. The summed E-state index contributed by atoms with van der Waals surface area (Å²) in [6.45, 7) is 1.94. The molecule has 0 unspecified atom stereocenters. The van der Waals surface area contributed by atoms with Gasteiger partial charge in [-0.15, -0.1) is 10.2 Å². The number of rotatable bonds is 9. The van der Waals surface area contributed by atoms with Crippen LogP contribution in [0.1, 0.15) is 24.4 Å². The van der Waals surface area contributed by atoms with Crippen LogP contribution < -0.4 is 15.4 Å². The molecule has 1 atom stereocenters. The predicted octanol–water partition coefficient (Wildman–Crippen LogP) is 2.97. The third-order valence-corrected chi connectivity index (χ3v) is 5.63. The Labute approximate surface area is 185 Å². The lowest BCUT2D eigenvalue weighted by Gasteiger charge is -2.14. The van der Waals surface area contributed by atoms with Crippen LogP contribution in [0.3, 0.4) is 0 Å². The van der Waals surface area contributed by atoms with Crippen molar-refractivity contribution in [1.82, 2.24) is 20.1 Å². The molecule has 0 spiro atoms. The summed E-state index contributed by atoms with van der Waals surface area (Å²) in [5.74, 6) is 1.08. The van der Waals surface area contributed by atoms with Crippen molar-refractivity contribution >= 4 is 29.3 Å². The number of thioether (sulfide) groups is 1. The summed E-state index contributed by atoms with van der Waals surface area (Å²) in [7, 11) is 3.35. The number of carbonyl (C=O) groups is 2. The summed E-state index contributed by atoms with van der Waals surface area (Å²) in [5, 5.41) is 14.6. The summed E-state index contributed by atoms with van der Waals surface area (Å²) < 4.78 is 6.89. The third-order valence-electron chi connectivity index (χ3n) is 4.61. The fourth-order valence-corrected chi connectivity index (χ4v) is 3.65. The monoisotopic (exact) mass is 439 g/mol. The predicted molar refractivity (Wildman–Crippen MR) is 120 cm³/mol. The molecule has 0 aliphatic rings. The molecule has 0 radical (unpaired) electrons. The lowest BCUT2D eigenvalue weighted by atomic mass is 10.1. The van der Waals surface area contributed by atoms with E-state index in [1.54, 1.807) is 43.0 Å². The summed E-state index contributed by atoms with van der Waals surface area (Å²) >= 11 is 1.28. The first kappa shape index (κ1) is 22.4. The molecule has 0 aliphatic carbocycles. The van der Waals surface area contributed by atoms with Crippen LogP contribution in [0.2, 0.25) is 0 Å². The van der Waals surface area contributed by atoms with Crippen molar-refractivity contribution in [3.63, 3.8) is 0 Å². The fourth-order valence-electron chi connectivity index (χ4n) is 2.91. The van der Waals surface area contributed by atoms with Crippen molar-refractivity contribution in [2.24, 2.45) is 7.05 Å². The maximum absolute atomic E-state index is 12.4. The first-order valence-corrected chi connectivity index (χ1v) is 10.7. The van der Waals surface area contributed by atoms with Crippen LogP contribution in [-0.4, -0.2) is 39.4 Å². The Morgan fingerprint density at radius 1 is 1.10 bits per heavy atom. The van der Waals surface area contributed by atoms with Gasteiger partial charge in [0.25, 0.3) is 0 Å². The number of benzene rings is 2. The Balaban J connectivity index is 1.51. The quantitative estimate of drug-likeness (QED) is 0.498. The fraction of sp³-hybridized carbons (Fsp3) is 0.273. The molecule has 2 aromatic carbocycles. The second-order valence-corrected chi connectivity index (χ2v) is 7.85. The van der Waals surface area contributed by atoms with Gasteiger partial charge in [0.05, 0.1) is 25.3 Å². The second kappa shape index (κ2) is 10.6. The number of methoxy groups -OCH3 is 1. The van der Waals surface area contributed by atoms with E-state index >= 15 is 0 Å². The molecule has 1 aromatic heterocycles. The number of hydrogen-bond donors (Lipinski definition) is 2. The van der Waals surface area contributed by atoms with Gasteiger partial charge >= 0.3 is 0 Å². The highest BCUT2D eigenvalue weighted by Crippen LogP contribution is 2.19. The van der Waals surface area contributed by atoms with Crippen molar-refractivity contribution in [3.05, 3.63) is 66.0 Å². The van der Waals surface area contributed by atoms with Crippen molar-refractivity contribution in [2.45, 2.75) is 24.5 Å². The van der Waals surface area contributed by atoms with Gasteiger partial charge < -0.3 is 19.9 Å². The molecule has 2 amide bonds. The number of nitrogens with zero attached hydrogens (tertiary/aromatic N) is 3. The number of aromatic nitrogens is 3. The zero-order valence-electron chi connectivity index (χ0n) is 17.7. The molecular formula is C22H25N5O3S. The SMILES string of the molecule is COc1cccc(NC(=O)Cc2nnc(SCC(=O)N[C@@H](C)c3ccccc3)n2C)c1. The van der Waals surface area contributed by atoms with Crippen molar-refractivity contribution in [3.8, 4) is 5.75 Å². The molecule has 31 heavy (non-hydrogen) atoms. The van der Waals surface area contributed by atoms with Crippen LogP contribution in [-0.2, 0) is 23.1 Å².